The van der Waals surface area contributed by atoms with E-state index in [9.17, 15) is 4.79 Å². The highest BCUT2D eigenvalue weighted by Gasteiger charge is 2.12. The van der Waals surface area contributed by atoms with Crippen molar-refractivity contribution < 1.29 is 0 Å². The van der Waals surface area contributed by atoms with Gasteiger partial charge >= 0.3 is 0 Å². The maximum Gasteiger partial charge on any atom is 0.268 e. The van der Waals surface area contributed by atoms with Gasteiger partial charge in [0.2, 0.25) is 0 Å². The first-order valence-electron chi connectivity index (χ1n) is 6.84. The lowest BCUT2D eigenvalue weighted by atomic mass is 10.2. The minimum absolute atomic E-state index is 0.0930. The third kappa shape index (κ3) is 2.15. The van der Waals surface area contributed by atoms with Gasteiger partial charge in [-0.25, -0.2) is 4.98 Å². The summed E-state index contributed by atoms with van der Waals surface area (Å²) >= 11 is 1.44. The molecule has 6 nitrogen and oxygen atoms in total. The lowest BCUT2D eigenvalue weighted by Gasteiger charge is -2.01. The van der Waals surface area contributed by atoms with Crippen molar-refractivity contribution in [3.8, 4) is 10.4 Å². The van der Waals surface area contributed by atoms with E-state index in [1.54, 1.807) is 6.20 Å². The zero-order valence-electron chi connectivity index (χ0n) is 11.8. The number of fused-ring (bicyclic) bond motifs is 1. The molecule has 0 saturated carbocycles. The zero-order valence-corrected chi connectivity index (χ0v) is 12.6. The number of nitrogens with zero attached hydrogens (tertiary/aromatic N) is 3. The van der Waals surface area contributed by atoms with E-state index >= 15 is 0 Å². The number of nitrogens with one attached hydrogen (secondary N) is 2. The molecule has 4 rings (SSSR count). The minimum atomic E-state index is -0.0930. The van der Waals surface area contributed by atoms with Crippen LogP contribution in [-0.2, 0) is 6.54 Å². The van der Waals surface area contributed by atoms with E-state index in [1.165, 1.54) is 11.3 Å². The van der Waals surface area contributed by atoms with Crippen LogP contribution in [0.3, 0.4) is 0 Å². The number of H-pyrrole nitrogens is 2. The van der Waals surface area contributed by atoms with Crippen molar-refractivity contribution in [2.24, 2.45) is 0 Å². The topological polar surface area (TPSA) is 79.4 Å². The van der Waals surface area contributed by atoms with E-state index in [-0.39, 0.29) is 5.56 Å². The van der Waals surface area contributed by atoms with Crippen LogP contribution in [0.4, 0.5) is 0 Å². The summed E-state index contributed by atoms with van der Waals surface area (Å²) in [7, 11) is 0. The molecule has 0 aliphatic carbocycles. The number of aromatic nitrogens is 5. The Hall–Kier alpha value is -2.67. The van der Waals surface area contributed by atoms with Gasteiger partial charge in [-0.05, 0) is 25.1 Å². The van der Waals surface area contributed by atoms with E-state index in [2.05, 4.69) is 20.2 Å². The third-order valence-electron chi connectivity index (χ3n) is 3.53. The Bertz CT molecular complexity index is 993. The summed E-state index contributed by atoms with van der Waals surface area (Å²) in [5, 5.41) is 6.94. The molecule has 0 spiro atoms. The first-order valence-corrected chi connectivity index (χ1v) is 7.66. The van der Waals surface area contributed by atoms with Crippen LogP contribution < -0.4 is 5.56 Å². The van der Waals surface area contributed by atoms with Crippen molar-refractivity contribution in [3.63, 3.8) is 0 Å². The van der Waals surface area contributed by atoms with Crippen LogP contribution >= 0.6 is 11.3 Å². The van der Waals surface area contributed by atoms with Gasteiger partial charge in [0, 0.05) is 28.5 Å². The van der Waals surface area contributed by atoms with Gasteiger partial charge in [-0.15, -0.1) is 11.3 Å². The van der Waals surface area contributed by atoms with E-state index in [0.717, 1.165) is 21.7 Å². The Morgan fingerprint density at radius 1 is 1.32 bits per heavy atom. The minimum Gasteiger partial charge on any atom is -0.347 e. The van der Waals surface area contributed by atoms with Crippen LogP contribution in [0.15, 0.2) is 41.6 Å². The highest BCUT2D eigenvalue weighted by atomic mass is 32.1. The maximum absolute atomic E-state index is 12.3. The Morgan fingerprint density at radius 2 is 2.14 bits per heavy atom. The van der Waals surface area contributed by atoms with Crippen LogP contribution in [-0.4, -0.2) is 24.7 Å². The molecule has 4 heterocycles. The summed E-state index contributed by atoms with van der Waals surface area (Å²) in [5.41, 5.74) is 2.63. The standard InChI is InChI=1S/C15H13N5OS/c1-9-10(7-16-19-9)12-6-11-14(22-12)15(21)18-13(17-11)8-20-4-2-3-5-20/h2-7H,8H2,1H3,(H,16,19)(H,17,18,21). The number of hydrogen-bond donors (Lipinski definition) is 2. The Balaban J connectivity index is 1.81. The Labute approximate surface area is 129 Å². The monoisotopic (exact) mass is 311 g/mol. The molecule has 0 bridgehead atoms. The molecule has 0 radical (unpaired) electrons. The molecule has 0 amide bonds. The van der Waals surface area contributed by atoms with Gasteiger partial charge in [0.25, 0.3) is 5.56 Å². The summed E-state index contributed by atoms with van der Waals surface area (Å²) in [5.74, 6) is 0.655. The van der Waals surface area contributed by atoms with Crippen LogP contribution in [0.5, 0.6) is 0 Å². The van der Waals surface area contributed by atoms with Crippen LogP contribution in [0, 0.1) is 6.92 Å². The first-order chi connectivity index (χ1) is 10.7. The predicted octanol–water partition coefficient (Wildman–Crippen LogP) is 2.53. The summed E-state index contributed by atoms with van der Waals surface area (Å²) in [6, 6.07) is 5.84. The molecule has 0 aliphatic rings. The smallest absolute Gasteiger partial charge is 0.268 e. The quantitative estimate of drug-likeness (QED) is 0.610. The summed E-state index contributed by atoms with van der Waals surface area (Å²) in [6.07, 6.45) is 5.66. The van der Waals surface area contributed by atoms with Gasteiger partial charge in [-0.1, -0.05) is 0 Å². The average molecular weight is 311 g/mol. The van der Waals surface area contributed by atoms with Gasteiger partial charge in [0.05, 0.1) is 18.3 Å². The first kappa shape index (κ1) is 13.0. The van der Waals surface area contributed by atoms with Crippen LogP contribution in [0.1, 0.15) is 11.5 Å². The number of hydrogen-bond acceptors (Lipinski definition) is 4. The fraction of sp³-hybridized carbons (Fsp3) is 0.133. The number of thiophene rings is 1. The fourth-order valence-corrected chi connectivity index (χ4v) is 3.50. The normalized spacial score (nSPS) is 11.3. The molecule has 4 aromatic heterocycles. The highest BCUT2D eigenvalue weighted by Crippen LogP contribution is 2.31. The maximum atomic E-state index is 12.3. The van der Waals surface area contributed by atoms with Crippen LogP contribution in [0.2, 0.25) is 0 Å². The second-order valence-electron chi connectivity index (χ2n) is 5.10. The molecule has 0 unspecified atom stereocenters. The molecule has 4 aromatic rings. The molecule has 110 valence electrons. The Kier molecular flexibility index (Phi) is 2.93. The summed E-state index contributed by atoms with van der Waals surface area (Å²) in [4.78, 5) is 20.7. The van der Waals surface area contributed by atoms with E-state index in [0.29, 0.717) is 17.1 Å². The van der Waals surface area contributed by atoms with Crippen molar-refractivity contribution in [2.75, 3.05) is 0 Å². The van der Waals surface area contributed by atoms with Gasteiger partial charge in [0.15, 0.2) is 0 Å². The van der Waals surface area contributed by atoms with E-state index in [4.69, 9.17) is 0 Å². The molecule has 0 fully saturated rings. The second kappa shape index (κ2) is 4.96. The predicted molar refractivity (Wildman–Crippen MR) is 86.1 cm³/mol. The lowest BCUT2D eigenvalue weighted by Crippen LogP contribution is -2.12. The average Bonchev–Trinajstić information content (AvgIpc) is 3.18. The van der Waals surface area contributed by atoms with E-state index in [1.807, 2.05) is 42.1 Å². The molecular formula is C15H13N5OS. The van der Waals surface area contributed by atoms with Gasteiger partial charge in [0.1, 0.15) is 10.5 Å². The highest BCUT2D eigenvalue weighted by molar-refractivity contribution is 7.22. The number of aromatic amines is 2. The summed E-state index contributed by atoms with van der Waals surface area (Å²) < 4.78 is 2.62. The van der Waals surface area contributed by atoms with Gasteiger partial charge in [-0.3, -0.25) is 9.89 Å². The fourth-order valence-electron chi connectivity index (χ4n) is 2.44. The van der Waals surface area contributed by atoms with Gasteiger partial charge < -0.3 is 9.55 Å². The number of rotatable bonds is 3. The largest absolute Gasteiger partial charge is 0.347 e. The molecule has 2 N–H and O–H groups in total. The van der Waals surface area contributed by atoms with Crippen molar-refractivity contribution in [2.45, 2.75) is 13.5 Å². The third-order valence-corrected chi connectivity index (χ3v) is 4.68. The molecule has 7 heteroatoms. The molecule has 0 saturated heterocycles. The SMILES string of the molecule is Cc1[nH]ncc1-c1cc2nc(Cn3cccc3)[nH]c(=O)c2s1. The number of aryl methyl sites for hydroxylation is 1. The Morgan fingerprint density at radius 3 is 2.86 bits per heavy atom. The second-order valence-corrected chi connectivity index (χ2v) is 6.15. The molecule has 0 aliphatic heterocycles. The van der Waals surface area contributed by atoms with Gasteiger partial charge in [-0.2, -0.15) is 5.10 Å². The van der Waals surface area contributed by atoms with Crippen molar-refractivity contribution in [1.29, 1.82) is 0 Å². The molecule has 0 aromatic carbocycles. The molecule has 22 heavy (non-hydrogen) atoms. The van der Waals surface area contributed by atoms with E-state index < -0.39 is 0 Å². The van der Waals surface area contributed by atoms with Crippen molar-refractivity contribution in [1.82, 2.24) is 24.7 Å². The van der Waals surface area contributed by atoms with Crippen molar-refractivity contribution >= 4 is 21.6 Å². The zero-order chi connectivity index (χ0) is 15.1. The molecule has 0 atom stereocenters. The molecular weight excluding hydrogens is 298 g/mol. The van der Waals surface area contributed by atoms with Crippen LogP contribution in [0.25, 0.3) is 20.7 Å². The van der Waals surface area contributed by atoms with Crippen molar-refractivity contribution in [3.05, 3.63) is 58.7 Å². The lowest BCUT2D eigenvalue weighted by molar-refractivity contribution is 0.751. The summed E-state index contributed by atoms with van der Waals surface area (Å²) in [6.45, 7) is 2.51.